The minimum Gasteiger partial charge on any atom is -0.325 e. The number of hydrogen-bond acceptors (Lipinski definition) is 4. The normalized spacial score (nSPS) is 9.79. The van der Waals surface area contributed by atoms with Crippen molar-refractivity contribution < 1.29 is 18.5 Å². The summed E-state index contributed by atoms with van der Waals surface area (Å²) in [5, 5.41) is 19.3. The molecule has 6 nitrogen and oxygen atoms in total. The molecule has 19 heavy (non-hydrogen) atoms. The molecule has 1 aromatic rings. The summed E-state index contributed by atoms with van der Waals surface area (Å²) in [5.74, 6) is -3.66. The number of carbonyl (C=O) groups excluding carboxylic acids is 1. The van der Waals surface area contributed by atoms with Crippen molar-refractivity contribution in [3.8, 4) is 6.07 Å². The molecule has 0 aliphatic heterocycles. The summed E-state index contributed by atoms with van der Waals surface area (Å²) in [7, 11) is 0. The second kappa shape index (κ2) is 5.86. The molecule has 0 saturated carbocycles. The van der Waals surface area contributed by atoms with Crippen LogP contribution < -0.4 is 0 Å². The Kier molecular flexibility index (Phi) is 4.47. The van der Waals surface area contributed by atoms with Crippen molar-refractivity contribution in [2.24, 2.45) is 0 Å². The van der Waals surface area contributed by atoms with Gasteiger partial charge in [-0.2, -0.15) is 5.26 Å². The van der Waals surface area contributed by atoms with Gasteiger partial charge in [-0.25, -0.2) is 8.78 Å². The summed E-state index contributed by atoms with van der Waals surface area (Å²) < 4.78 is 26.1. The largest absolute Gasteiger partial charge is 0.325 e. The van der Waals surface area contributed by atoms with Gasteiger partial charge in [-0.15, -0.1) is 0 Å². The van der Waals surface area contributed by atoms with E-state index in [9.17, 15) is 23.7 Å². The first kappa shape index (κ1) is 14.5. The lowest BCUT2D eigenvalue weighted by atomic mass is 10.1. The molecule has 0 fully saturated rings. The highest BCUT2D eigenvalue weighted by Crippen LogP contribution is 2.23. The maximum Gasteiger partial charge on any atom is 0.285 e. The van der Waals surface area contributed by atoms with Crippen LogP contribution in [0.15, 0.2) is 12.1 Å². The van der Waals surface area contributed by atoms with Crippen molar-refractivity contribution >= 4 is 11.6 Å². The van der Waals surface area contributed by atoms with Crippen molar-refractivity contribution in [2.75, 3.05) is 13.1 Å². The average molecular weight is 269 g/mol. The van der Waals surface area contributed by atoms with Crippen LogP contribution in [0.3, 0.4) is 0 Å². The predicted octanol–water partition coefficient (Wildman–Crippen LogP) is 1.86. The van der Waals surface area contributed by atoms with Crippen molar-refractivity contribution in [2.45, 2.75) is 6.92 Å². The first-order chi connectivity index (χ1) is 8.92. The van der Waals surface area contributed by atoms with Crippen LogP contribution in [0.2, 0.25) is 0 Å². The maximum absolute atomic E-state index is 13.1. The van der Waals surface area contributed by atoms with Crippen LogP contribution >= 0.6 is 0 Å². The van der Waals surface area contributed by atoms with Gasteiger partial charge in [-0.1, -0.05) is 0 Å². The van der Waals surface area contributed by atoms with E-state index in [0.717, 1.165) is 4.90 Å². The molecule has 0 N–H and O–H groups in total. The molecule has 0 radical (unpaired) electrons. The zero-order valence-corrected chi connectivity index (χ0v) is 9.89. The number of halogens is 2. The molecule has 1 amide bonds. The maximum atomic E-state index is 13.1. The van der Waals surface area contributed by atoms with E-state index >= 15 is 0 Å². The quantitative estimate of drug-likeness (QED) is 0.474. The fraction of sp³-hybridized carbons (Fsp3) is 0.273. The van der Waals surface area contributed by atoms with E-state index in [4.69, 9.17) is 5.26 Å². The van der Waals surface area contributed by atoms with Gasteiger partial charge in [0.2, 0.25) is 0 Å². The summed E-state index contributed by atoms with van der Waals surface area (Å²) >= 11 is 0. The third-order valence-electron chi connectivity index (χ3n) is 2.40. The summed E-state index contributed by atoms with van der Waals surface area (Å²) in [6.45, 7) is 1.37. The van der Waals surface area contributed by atoms with E-state index in [1.807, 2.05) is 0 Å². The van der Waals surface area contributed by atoms with Crippen LogP contribution in [0, 0.1) is 33.1 Å². The summed E-state index contributed by atoms with van der Waals surface area (Å²) in [5.41, 5.74) is -1.42. The molecular weight excluding hydrogens is 260 g/mol. The van der Waals surface area contributed by atoms with Crippen molar-refractivity contribution in [1.29, 1.82) is 5.26 Å². The molecule has 1 aromatic carbocycles. The SMILES string of the molecule is CCN(CC#N)C(=O)c1cc(F)c(F)cc1[N+](=O)[O-]. The molecule has 0 saturated heterocycles. The van der Waals surface area contributed by atoms with E-state index in [2.05, 4.69) is 0 Å². The second-order valence-corrected chi connectivity index (χ2v) is 3.52. The first-order valence-corrected chi connectivity index (χ1v) is 5.22. The molecule has 0 aromatic heterocycles. The predicted molar refractivity (Wildman–Crippen MR) is 60.2 cm³/mol. The van der Waals surface area contributed by atoms with Crippen molar-refractivity contribution in [3.63, 3.8) is 0 Å². The standard InChI is InChI=1S/C11H9F2N3O3/c1-2-15(4-3-14)11(17)7-5-8(12)9(13)6-10(7)16(18)19/h5-6H,2,4H2,1H3. The highest BCUT2D eigenvalue weighted by Gasteiger charge is 2.26. The van der Waals surface area contributed by atoms with E-state index in [-0.39, 0.29) is 13.1 Å². The van der Waals surface area contributed by atoms with Crippen molar-refractivity contribution in [1.82, 2.24) is 4.90 Å². The number of nitriles is 1. The molecule has 0 bridgehead atoms. The summed E-state index contributed by atoms with van der Waals surface area (Å²) in [4.78, 5) is 22.7. The van der Waals surface area contributed by atoms with Gasteiger partial charge in [0.1, 0.15) is 12.1 Å². The molecule has 0 atom stereocenters. The fourth-order valence-electron chi connectivity index (χ4n) is 1.44. The van der Waals surface area contributed by atoms with E-state index in [1.54, 1.807) is 13.0 Å². The van der Waals surface area contributed by atoms with Crippen LogP contribution in [0.5, 0.6) is 0 Å². The number of nitrogens with zero attached hydrogens (tertiary/aromatic N) is 3. The third kappa shape index (κ3) is 3.01. The minimum atomic E-state index is -1.41. The molecule has 0 aliphatic carbocycles. The molecule has 8 heteroatoms. The Morgan fingerprint density at radius 1 is 1.47 bits per heavy atom. The summed E-state index contributed by atoms with van der Waals surface area (Å²) in [6, 6.07) is 2.53. The molecular formula is C11H9F2N3O3. The van der Waals surface area contributed by atoms with Gasteiger partial charge in [0.05, 0.1) is 17.1 Å². The lowest BCUT2D eigenvalue weighted by molar-refractivity contribution is -0.385. The van der Waals surface area contributed by atoms with Gasteiger partial charge in [0.25, 0.3) is 11.6 Å². The van der Waals surface area contributed by atoms with E-state index < -0.39 is 33.7 Å². The van der Waals surface area contributed by atoms with Gasteiger partial charge < -0.3 is 4.90 Å². The Hall–Kier alpha value is -2.56. The molecule has 100 valence electrons. The molecule has 0 spiro atoms. The van der Waals surface area contributed by atoms with Crippen LogP contribution in [0.1, 0.15) is 17.3 Å². The zero-order valence-electron chi connectivity index (χ0n) is 9.89. The number of benzene rings is 1. The second-order valence-electron chi connectivity index (χ2n) is 3.52. The number of nitro benzene ring substituents is 1. The van der Waals surface area contributed by atoms with E-state index in [0.29, 0.717) is 12.1 Å². The lowest BCUT2D eigenvalue weighted by Gasteiger charge is -2.17. The Morgan fingerprint density at radius 2 is 2.05 bits per heavy atom. The molecule has 0 unspecified atom stereocenters. The smallest absolute Gasteiger partial charge is 0.285 e. The van der Waals surface area contributed by atoms with Crippen molar-refractivity contribution in [3.05, 3.63) is 39.4 Å². The highest BCUT2D eigenvalue weighted by molar-refractivity contribution is 5.98. The zero-order chi connectivity index (χ0) is 14.6. The number of carbonyl (C=O) groups is 1. The van der Waals surface area contributed by atoms with Gasteiger partial charge in [0, 0.05) is 6.54 Å². The average Bonchev–Trinajstić information content (AvgIpc) is 2.37. The van der Waals surface area contributed by atoms with Crippen LogP contribution in [-0.2, 0) is 0 Å². The van der Waals surface area contributed by atoms with Gasteiger partial charge in [-0.05, 0) is 13.0 Å². The third-order valence-corrected chi connectivity index (χ3v) is 2.40. The Balaban J connectivity index is 3.33. The van der Waals surface area contributed by atoms with Gasteiger partial charge in [-0.3, -0.25) is 14.9 Å². The lowest BCUT2D eigenvalue weighted by Crippen LogP contribution is -2.31. The van der Waals surface area contributed by atoms with Gasteiger partial charge >= 0.3 is 0 Å². The topological polar surface area (TPSA) is 87.2 Å². The fourth-order valence-corrected chi connectivity index (χ4v) is 1.44. The summed E-state index contributed by atoms with van der Waals surface area (Å²) in [6.07, 6.45) is 0. The van der Waals surface area contributed by atoms with Gasteiger partial charge in [0.15, 0.2) is 11.6 Å². The van der Waals surface area contributed by atoms with E-state index in [1.165, 1.54) is 0 Å². The number of nitro groups is 1. The Bertz CT molecular complexity index is 569. The molecule has 1 rings (SSSR count). The molecule has 0 heterocycles. The number of hydrogen-bond donors (Lipinski definition) is 0. The Labute approximate surface area is 107 Å². The first-order valence-electron chi connectivity index (χ1n) is 5.22. The highest BCUT2D eigenvalue weighted by atomic mass is 19.2. The van der Waals surface area contributed by atoms with Crippen LogP contribution in [0.4, 0.5) is 14.5 Å². The minimum absolute atomic E-state index is 0.114. The molecule has 0 aliphatic rings. The number of amides is 1. The monoisotopic (exact) mass is 269 g/mol. The van der Waals surface area contributed by atoms with Crippen LogP contribution in [-0.4, -0.2) is 28.8 Å². The Morgan fingerprint density at radius 3 is 2.53 bits per heavy atom. The van der Waals surface area contributed by atoms with Crippen LogP contribution in [0.25, 0.3) is 0 Å². The number of rotatable bonds is 4.